The summed E-state index contributed by atoms with van der Waals surface area (Å²) in [6, 6.07) is 17.0. The molecular formula is C20H24N2O4. The molecule has 2 aromatic rings. The van der Waals surface area contributed by atoms with Gasteiger partial charge in [0.2, 0.25) is 0 Å². The summed E-state index contributed by atoms with van der Waals surface area (Å²) < 4.78 is 17.2. The largest absolute Gasteiger partial charge is 0.492 e. The van der Waals surface area contributed by atoms with Crippen molar-refractivity contribution < 1.29 is 19.0 Å². The number of fused-ring (bicyclic) bond motifs is 1. The van der Waals surface area contributed by atoms with E-state index < -0.39 is 0 Å². The maximum Gasteiger partial charge on any atom is 0.317 e. The van der Waals surface area contributed by atoms with Crippen molar-refractivity contribution in [2.75, 3.05) is 32.8 Å². The summed E-state index contributed by atoms with van der Waals surface area (Å²) >= 11 is 0. The minimum Gasteiger partial charge on any atom is -0.492 e. The van der Waals surface area contributed by atoms with Gasteiger partial charge in [0.15, 0.2) is 17.6 Å². The normalized spacial score (nSPS) is 15.2. The number of para-hydroxylation sites is 3. The van der Waals surface area contributed by atoms with Crippen molar-refractivity contribution in [3.63, 3.8) is 0 Å². The standard InChI is InChI=1S/C20H24N2O4/c1-2-22(14-17-15-25-18-10-6-7-11-19(18)26-17)20(23)21-12-13-24-16-8-4-3-5-9-16/h3-11,17H,2,12-15H2,1H3,(H,21,23). The molecule has 6 heteroatoms. The Morgan fingerprint density at radius 2 is 1.88 bits per heavy atom. The van der Waals surface area contributed by atoms with Crippen molar-refractivity contribution in [1.82, 2.24) is 10.2 Å². The first-order valence-electron chi connectivity index (χ1n) is 8.85. The lowest BCUT2D eigenvalue weighted by Gasteiger charge is -2.30. The second kappa shape index (κ2) is 8.99. The molecule has 1 N–H and O–H groups in total. The van der Waals surface area contributed by atoms with Crippen LogP contribution in [0.15, 0.2) is 54.6 Å². The molecule has 1 heterocycles. The topological polar surface area (TPSA) is 60.0 Å². The molecule has 138 valence electrons. The zero-order valence-corrected chi connectivity index (χ0v) is 14.9. The third-order valence-electron chi connectivity index (χ3n) is 4.05. The van der Waals surface area contributed by atoms with E-state index in [1.807, 2.05) is 61.5 Å². The predicted molar refractivity (Wildman–Crippen MR) is 98.9 cm³/mol. The molecule has 0 spiro atoms. The number of ether oxygens (including phenoxy) is 3. The maximum absolute atomic E-state index is 12.4. The van der Waals surface area contributed by atoms with Gasteiger partial charge in [-0.3, -0.25) is 0 Å². The van der Waals surface area contributed by atoms with E-state index in [9.17, 15) is 4.79 Å². The molecule has 1 atom stereocenters. The average Bonchev–Trinajstić information content (AvgIpc) is 2.70. The summed E-state index contributed by atoms with van der Waals surface area (Å²) in [6.07, 6.45) is -0.184. The van der Waals surface area contributed by atoms with Gasteiger partial charge in [-0.05, 0) is 31.2 Å². The van der Waals surface area contributed by atoms with Crippen molar-refractivity contribution in [1.29, 1.82) is 0 Å². The van der Waals surface area contributed by atoms with Crippen LogP contribution in [0.2, 0.25) is 0 Å². The van der Waals surface area contributed by atoms with Crippen LogP contribution in [0.25, 0.3) is 0 Å². The van der Waals surface area contributed by atoms with Crippen LogP contribution in [0.4, 0.5) is 4.79 Å². The SMILES string of the molecule is CCN(CC1COc2ccccc2O1)C(=O)NCCOc1ccccc1. The highest BCUT2D eigenvalue weighted by Gasteiger charge is 2.24. The molecule has 0 aliphatic carbocycles. The van der Waals surface area contributed by atoms with Gasteiger partial charge < -0.3 is 24.4 Å². The molecule has 3 rings (SSSR count). The van der Waals surface area contributed by atoms with E-state index in [4.69, 9.17) is 14.2 Å². The highest BCUT2D eigenvalue weighted by atomic mass is 16.6. The molecule has 0 aromatic heterocycles. The molecule has 2 aromatic carbocycles. The van der Waals surface area contributed by atoms with Crippen LogP contribution >= 0.6 is 0 Å². The number of hydrogen-bond donors (Lipinski definition) is 1. The number of benzene rings is 2. The van der Waals surface area contributed by atoms with Crippen molar-refractivity contribution in [3.8, 4) is 17.2 Å². The summed E-state index contributed by atoms with van der Waals surface area (Å²) in [5.74, 6) is 2.26. The zero-order chi connectivity index (χ0) is 18.2. The number of amides is 2. The third kappa shape index (κ3) is 4.81. The van der Waals surface area contributed by atoms with Gasteiger partial charge in [0.1, 0.15) is 19.0 Å². The second-order valence-corrected chi connectivity index (χ2v) is 5.93. The quantitative estimate of drug-likeness (QED) is 0.775. The Kier molecular flexibility index (Phi) is 6.19. The van der Waals surface area contributed by atoms with Crippen molar-refractivity contribution in [2.45, 2.75) is 13.0 Å². The number of nitrogens with zero attached hydrogens (tertiary/aromatic N) is 1. The molecule has 0 bridgehead atoms. The number of urea groups is 1. The lowest BCUT2D eigenvalue weighted by atomic mass is 10.2. The first-order chi connectivity index (χ1) is 12.8. The molecule has 1 aliphatic rings. The smallest absolute Gasteiger partial charge is 0.317 e. The molecule has 0 saturated carbocycles. The van der Waals surface area contributed by atoms with Gasteiger partial charge in [0, 0.05) is 6.54 Å². The Balaban J connectivity index is 1.42. The fourth-order valence-electron chi connectivity index (χ4n) is 2.71. The monoisotopic (exact) mass is 356 g/mol. The van der Waals surface area contributed by atoms with E-state index >= 15 is 0 Å². The zero-order valence-electron chi connectivity index (χ0n) is 14.9. The van der Waals surface area contributed by atoms with E-state index in [2.05, 4.69) is 5.32 Å². The number of carbonyl (C=O) groups is 1. The van der Waals surface area contributed by atoms with Crippen LogP contribution in [0.3, 0.4) is 0 Å². The number of hydrogen-bond acceptors (Lipinski definition) is 4. The highest BCUT2D eigenvalue weighted by Crippen LogP contribution is 2.30. The average molecular weight is 356 g/mol. The Morgan fingerprint density at radius 1 is 1.15 bits per heavy atom. The van der Waals surface area contributed by atoms with Crippen LogP contribution in [-0.2, 0) is 0 Å². The third-order valence-corrected chi connectivity index (χ3v) is 4.05. The predicted octanol–water partition coefficient (Wildman–Crippen LogP) is 2.94. The van der Waals surface area contributed by atoms with Crippen LogP contribution < -0.4 is 19.5 Å². The van der Waals surface area contributed by atoms with E-state index in [1.165, 1.54) is 0 Å². The Morgan fingerprint density at radius 3 is 2.65 bits per heavy atom. The first-order valence-corrected chi connectivity index (χ1v) is 8.85. The lowest BCUT2D eigenvalue weighted by molar-refractivity contribution is 0.0674. The maximum atomic E-state index is 12.4. The molecule has 0 radical (unpaired) electrons. The summed E-state index contributed by atoms with van der Waals surface area (Å²) in [7, 11) is 0. The molecule has 6 nitrogen and oxygen atoms in total. The minimum atomic E-state index is -0.184. The molecule has 1 aliphatic heterocycles. The van der Waals surface area contributed by atoms with Gasteiger partial charge in [0.05, 0.1) is 13.1 Å². The highest BCUT2D eigenvalue weighted by molar-refractivity contribution is 5.74. The molecule has 26 heavy (non-hydrogen) atoms. The Hall–Kier alpha value is -2.89. The number of likely N-dealkylation sites (N-methyl/N-ethyl adjacent to an activating group) is 1. The first kappa shape index (κ1) is 17.9. The molecule has 0 fully saturated rings. The van der Waals surface area contributed by atoms with Crippen molar-refractivity contribution in [2.24, 2.45) is 0 Å². The van der Waals surface area contributed by atoms with Crippen LogP contribution in [-0.4, -0.2) is 49.9 Å². The second-order valence-electron chi connectivity index (χ2n) is 5.93. The van der Waals surface area contributed by atoms with Gasteiger partial charge in [-0.25, -0.2) is 4.79 Å². The number of carbonyl (C=O) groups excluding carboxylic acids is 1. The number of nitrogens with one attached hydrogen (secondary N) is 1. The minimum absolute atomic E-state index is 0.133. The molecule has 1 unspecified atom stereocenters. The van der Waals surface area contributed by atoms with Crippen LogP contribution in [0.5, 0.6) is 17.2 Å². The Bertz CT molecular complexity index is 708. The molecule has 2 amide bonds. The van der Waals surface area contributed by atoms with E-state index in [1.54, 1.807) is 4.90 Å². The summed E-state index contributed by atoms with van der Waals surface area (Å²) in [5, 5.41) is 2.88. The van der Waals surface area contributed by atoms with Crippen LogP contribution in [0.1, 0.15) is 6.92 Å². The Labute approximate surface area is 153 Å². The lowest BCUT2D eigenvalue weighted by Crippen LogP contribution is -2.48. The van der Waals surface area contributed by atoms with Crippen molar-refractivity contribution in [3.05, 3.63) is 54.6 Å². The van der Waals surface area contributed by atoms with E-state index in [0.29, 0.717) is 32.8 Å². The fourth-order valence-corrected chi connectivity index (χ4v) is 2.71. The molecule has 0 saturated heterocycles. The fraction of sp³-hybridized carbons (Fsp3) is 0.350. The van der Waals surface area contributed by atoms with Gasteiger partial charge in [-0.15, -0.1) is 0 Å². The van der Waals surface area contributed by atoms with Crippen LogP contribution in [0, 0.1) is 0 Å². The van der Waals surface area contributed by atoms with Gasteiger partial charge in [-0.2, -0.15) is 0 Å². The van der Waals surface area contributed by atoms with Gasteiger partial charge in [0.25, 0.3) is 0 Å². The summed E-state index contributed by atoms with van der Waals surface area (Å²) in [5.41, 5.74) is 0. The van der Waals surface area contributed by atoms with E-state index in [0.717, 1.165) is 17.2 Å². The van der Waals surface area contributed by atoms with E-state index in [-0.39, 0.29) is 12.1 Å². The summed E-state index contributed by atoms with van der Waals surface area (Å²) in [4.78, 5) is 14.1. The number of rotatable bonds is 7. The van der Waals surface area contributed by atoms with Gasteiger partial charge >= 0.3 is 6.03 Å². The van der Waals surface area contributed by atoms with Crippen molar-refractivity contribution >= 4 is 6.03 Å². The van der Waals surface area contributed by atoms with Gasteiger partial charge in [-0.1, -0.05) is 30.3 Å². The summed E-state index contributed by atoms with van der Waals surface area (Å²) in [6.45, 7) is 4.29. The molecular weight excluding hydrogens is 332 g/mol.